The van der Waals surface area contributed by atoms with Crippen molar-refractivity contribution in [2.75, 3.05) is 19.0 Å². The number of esters is 1. The SMILES string of the molecule is O=C(CCc1cccc2c(C3=C(c4c[nH]c5ccccc45)C(=O)NC3)c[nH]c12)OCCCCCl. The van der Waals surface area contributed by atoms with Gasteiger partial charge in [0.1, 0.15) is 0 Å². The first-order valence-corrected chi connectivity index (χ1v) is 12.1. The number of H-pyrrole nitrogens is 2. The van der Waals surface area contributed by atoms with Crippen molar-refractivity contribution in [2.24, 2.45) is 0 Å². The highest BCUT2D eigenvalue weighted by molar-refractivity contribution is 6.33. The van der Waals surface area contributed by atoms with E-state index in [4.69, 9.17) is 16.3 Å². The zero-order valence-corrected chi connectivity index (χ0v) is 19.5. The van der Waals surface area contributed by atoms with Gasteiger partial charge in [-0.1, -0.05) is 36.4 Å². The molecule has 0 saturated carbocycles. The van der Waals surface area contributed by atoms with Crippen LogP contribution in [0.5, 0.6) is 0 Å². The van der Waals surface area contributed by atoms with Crippen LogP contribution in [0, 0.1) is 0 Å². The molecule has 1 aliphatic heterocycles. The number of alkyl halides is 1. The number of nitrogens with one attached hydrogen (secondary N) is 3. The Balaban J connectivity index is 1.44. The molecular weight excluding hydrogens is 450 g/mol. The molecule has 4 aromatic rings. The Kier molecular flexibility index (Phi) is 6.41. The van der Waals surface area contributed by atoms with E-state index in [2.05, 4.69) is 21.4 Å². The molecule has 0 bridgehead atoms. The first kappa shape index (κ1) is 22.3. The van der Waals surface area contributed by atoms with Gasteiger partial charge in [0.25, 0.3) is 5.91 Å². The van der Waals surface area contributed by atoms with Crippen LogP contribution in [0.25, 0.3) is 33.0 Å². The molecule has 0 aliphatic carbocycles. The molecule has 34 heavy (non-hydrogen) atoms. The number of aryl methyl sites for hydroxylation is 1. The van der Waals surface area contributed by atoms with Crippen LogP contribution >= 0.6 is 11.6 Å². The molecule has 6 nitrogen and oxygen atoms in total. The lowest BCUT2D eigenvalue weighted by Crippen LogP contribution is -2.16. The molecule has 0 atom stereocenters. The van der Waals surface area contributed by atoms with Crippen LogP contribution in [0.2, 0.25) is 0 Å². The lowest BCUT2D eigenvalue weighted by atomic mass is 9.95. The number of hydrogen-bond donors (Lipinski definition) is 3. The molecule has 0 radical (unpaired) electrons. The van der Waals surface area contributed by atoms with E-state index in [0.717, 1.165) is 56.9 Å². The smallest absolute Gasteiger partial charge is 0.306 e. The van der Waals surface area contributed by atoms with Gasteiger partial charge in [-0.15, -0.1) is 11.6 Å². The minimum atomic E-state index is -0.201. The minimum absolute atomic E-state index is 0.0674. The van der Waals surface area contributed by atoms with Crippen molar-refractivity contribution in [2.45, 2.75) is 25.7 Å². The van der Waals surface area contributed by atoms with Crippen molar-refractivity contribution in [1.82, 2.24) is 15.3 Å². The molecule has 5 rings (SSSR count). The predicted octanol–water partition coefficient (Wildman–Crippen LogP) is 5.18. The van der Waals surface area contributed by atoms with Gasteiger partial charge in [-0.2, -0.15) is 0 Å². The molecule has 0 unspecified atom stereocenters. The fraction of sp³-hybridized carbons (Fsp3) is 0.259. The number of hydrogen-bond acceptors (Lipinski definition) is 3. The van der Waals surface area contributed by atoms with E-state index in [0.29, 0.717) is 37.4 Å². The second-order valence-corrected chi connectivity index (χ2v) is 8.82. The summed E-state index contributed by atoms with van der Waals surface area (Å²) in [5.41, 5.74) is 6.61. The summed E-state index contributed by atoms with van der Waals surface area (Å²) in [5.74, 6) is 0.310. The monoisotopic (exact) mass is 475 g/mol. The van der Waals surface area contributed by atoms with E-state index in [1.54, 1.807) is 0 Å². The number of carbonyl (C=O) groups excluding carboxylic acids is 2. The molecule has 2 aromatic heterocycles. The fourth-order valence-corrected chi connectivity index (χ4v) is 4.83. The third-order valence-electron chi connectivity index (χ3n) is 6.33. The molecule has 2 aromatic carbocycles. The van der Waals surface area contributed by atoms with Crippen molar-refractivity contribution >= 4 is 56.4 Å². The number of carbonyl (C=O) groups is 2. The van der Waals surface area contributed by atoms with E-state index < -0.39 is 0 Å². The van der Waals surface area contributed by atoms with Crippen LogP contribution in [-0.2, 0) is 20.7 Å². The molecule has 3 N–H and O–H groups in total. The minimum Gasteiger partial charge on any atom is -0.466 e. The number of ether oxygens (including phenoxy) is 1. The Morgan fingerprint density at radius 2 is 1.79 bits per heavy atom. The van der Waals surface area contributed by atoms with E-state index in [1.807, 2.05) is 48.8 Å². The van der Waals surface area contributed by atoms with Gasteiger partial charge in [0, 0.05) is 64.2 Å². The average Bonchev–Trinajstić information content (AvgIpc) is 3.57. The number of rotatable bonds is 9. The highest BCUT2D eigenvalue weighted by Crippen LogP contribution is 2.37. The Labute approximate surface area is 202 Å². The summed E-state index contributed by atoms with van der Waals surface area (Å²) < 4.78 is 5.30. The summed E-state index contributed by atoms with van der Waals surface area (Å²) in [4.78, 5) is 31.7. The summed E-state index contributed by atoms with van der Waals surface area (Å²) >= 11 is 5.66. The molecule has 0 saturated heterocycles. The third kappa shape index (κ3) is 4.21. The quantitative estimate of drug-likeness (QED) is 0.177. The highest BCUT2D eigenvalue weighted by atomic mass is 35.5. The standard InChI is InChI=1S/C27H26ClN3O3/c28-12-3-4-13-34-24(32)11-10-17-6-5-8-19-20(14-30-26(17)19)22-16-31-27(33)25(22)21-15-29-23-9-2-1-7-18(21)23/h1-2,5-9,14-15,29-30H,3-4,10-13,16H2,(H,31,33). The lowest BCUT2D eigenvalue weighted by Gasteiger charge is -2.07. The van der Waals surface area contributed by atoms with Crippen LogP contribution in [0.15, 0.2) is 54.9 Å². The van der Waals surface area contributed by atoms with Gasteiger partial charge >= 0.3 is 5.97 Å². The summed E-state index contributed by atoms with van der Waals surface area (Å²) in [5, 5.41) is 5.06. The van der Waals surface area contributed by atoms with Crippen LogP contribution in [-0.4, -0.2) is 40.9 Å². The normalized spacial score (nSPS) is 13.7. The van der Waals surface area contributed by atoms with E-state index in [9.17, 15) is 9.59 Å². The maximum absolute atomic E-state index is 12.9. The van der Waals surface area contributed by atoms with Crippen molar-refractivity contribution in [3.8, 4) is 0 Å². The second-order valence-electron chi connectivity index (χ2n) is 8.44. The van der Waals surface area contributed by atoms with Crippen molar-refractivity contribution in [3.05, 3.63) is 71.5 Å². The lowest BCUT2D eigenvalue weighted by molar-refractivity contribution is -0.143. The average molecular weight is 476 g/mol. The van der Waals surface area contributed by atoms with Gasteiger partial charge in [0.05, 0.1) is 12.2 Å². The van der Waals surface area contributed by atoms with Crippen LogP contribution in [0.1, 0.15) is 36.0 Å². The molecule has 0 spiro atoms. The van der Waals surface area contributed by atoms with Crippen LogP contribution in [0.3, 0.4) is 0 Å². The fourth-order valence-electron chi connectivity index (χ4n) is 4.64. The Hall–Kier alpha value is -3.51. The van der Waals surface area contributed by atoms with Gasteiger partial charge in [-0.05, 0) is 36.5 Å². The summed E-state index contributed by atoms with van der Waals surface area (Å²) in [6, 6.07) is 14.1. The first-order chi connectivity index (χ1) is 16.7. The third-order valence-corrected chi connectivity index (χ3v) is 6.60. The predicted molar refractivity (Wildman–Crippen MR) is 136 cm³/mol. The Morgan fingerprint density at radius 1 is 0.971 bits per heavy atom. The zero-order valence-electron chi connectivity index (χ0n) is 18.7. The number of amides is 1. The molecule has 174 valence electrons. The van der Waals surface area contributed by atoms with Gasteiger partial charge in [-0.3, -0.25) is 9.59 Å². The van der Waals surface area contributed by atoms with Gasteiger partial charge in [0.2, 0.25) is 0 Å². The number of fused-ring (bicyclic) bond motifs is 2. The van der Waals surface area contributed by atoms with Crippen molar-refractivity contribution < 1.29 is 14.3 Å². The molecule has 3 heterocycles. The van der Waals surface area contributed by atoms with Crippen molar-refractivity contribution in [3.63, 3.8) is 0 Å². The maximum Gasteiger partial charge on any atom is 0.306 e. The summed E-state index contributed by atoms with van der Waals surface area (Å²) in [6.45, 7) is 0.883. The topological polar surface area (TPSA) is 87.0 Å². The second kappa shape index (κ2) is 9.77. The van der Waals surface area contributed by atoms with E-state index >= 15 is 0 Å². The molecule has 0 fully saturated rings. The largest absolute Gasteiger partial charge is 0.466 e. The van der Waals surface area contributed by atoms with Gasteiger partial charge < -0.3 is 20.0 Å². The molecule has 1 amide bonds. The van der Waals surface area contributed by atoms with E-state index in [1.165, 1.54) is 0 Å². The van der Waals surface area contributed by atoms with Crippen LogP contribution < -0.4 is 5.32 Å². The number of para-hydroxylation sites is 2. The molecular formula is C27H26ClN3O3. The number of unbranched alkanes of at least 4 members (excludes halogenated alkanes) is 1. The highest BCUT2D eigenvalue weighted by Gasteiger charge is 2.28. The Morgan fingerprint density at radius 3 is 2.68 bits per heavy atom. The summed E-state index contributed by atoms with van der Waals surface area (Å²) in [7, 11) is 0. The number of halogens is 1. The van der Waals surface area contributed by atoms with Crippen LogP contribution in [0.4, 0.5) is 0 Å². The molecule has 7 heteroatoms. The summed E-state index contributed by atoms with van der Waals surface area (Å²) in [6.07, 6.45) is 6.39. The number of aromatic amines is 2. The number of aromatic nitrogens is 2. The van der Waals surface area contributed by atoms with Gasteiger partial charge in [-0.25, -0.2) is 0 Å². The maximum atomic E-state index is 12.9. The van der Waals surface area contributed by atoms with Gasteiger partial charge in [0.15, 0.2) is 0 Å². The Bertz CT molecular complexity index is 1400. The first-order valence-electron chi connectivity index (χ1n) is 11.6. The molecule has 1 aliphatic rings. The van der Waals surface area contributed by atoms with E-state index in [-0.39, 0.29) is 11.9 Å². The zero-order chi connectivity index (χ0) is 23.5. The van der Waals surface area contributed by atoms with Crippen molar-refractivity contribution in [1.29, 1.82) is 0 Å². The number of benzene rings is 2.